The number of hydrogen-bond donors (Lipinski definition) is 3. The number of aromatic amines is 1. The van der Waals surface area contributed by atoms with Crippen LogP contribution in [0.25, 0.3) is 16.5 Å². The third-order valence-corrected chi connectivity index (χ3v) is 7.19. The lowest BCUT2D eigenvalue weighted by Crippen LogP contribution is -2.26. The second kappa shape index (κ2) is 9.16. The summed E-state index contributed by atoms with van der Waals surface area (Å²) < 4.78 is 0. The number of piperidine rings is 1. The number of fused-ring (bicyclic) bond motifs is 3. The highest BCUT2D eigenvalue weighted by Crippen LogP contribution is 2.37. The minimum Gasteiger partial charge on any atom is -0.392 e. The molecule has 1 atom stereocenters. The monoisotopic (exact) mass is 430 g/mol. The Hall–Kier alpha value is -2.50. The van der Waals surface area contributed by atoms with E-state index >= 15 is 0 Å². The summed E-state index contributed by atoms with van der Waals surface area (Å²) in [5, 5.41) is 15.0. The lowest BCUT2D eigenvalue weighted by atomic mass is 9.88. The van der Waals surface area contributed by atoms with E-state index in [0.29, 0.717) is 11.8 Å². The Morgan fingerprint density at radius 2 is 2.00 bits per heavy atom. The van der Waals surface area contributed by atoms with Gasteiger partial charge in [-0.25, -0.2) is 4.99 Å². The van der Waals surface area contributed by atoms with Crippen LogP contribution in [-0.2, 0) is 0 Å². The average molecular weight is 431 g/mol. The van der Waals surface area contributed by atoms with Gasteiger partial charge in [0, 0.05) is 28.7 Å². The van der Waals surface area contributed by atoms with E-state index in [1.54, 1.807) is 6.34 Å². The molecule has 0 spiro atoms. The molecule has 1 saturated heterocycles. The first-order chi connectivity index (χ1) is 15.6. The number of allylic oxidation sites excluding steroid dienone is 3. The third kappa shape index (κ3) is 4.12. The van der Waals surface area contributed by atoms with Gasteiger partial charge in [-0.3, -0.25) is 4.99 Å². The quantitative estimate of drug-likeness (QED) is 0.632. The van der Waals surface area contributed by atoms with Crippen molar-refractivity contribution in [1.29, 1.82) is 0 Å². The van der Waals surface area contributed by atoms with Crippen molar-refractivity contribution < 1.29 is 5.11 Å². The zero-order valence-corrected chi connectivity index (χ0v) is 19.2. The lowest BCUT2D eigenvalue weighted by molar-refractivity contribution is 0.336. The van der Waals surface area contributed by atoms with Crippen LogP contribution in [0.2, 0.25) is 0 Å². The van der Waals surface area contributed by atoms with Crippen LogP contribution in [0.15, 0.2) is 45.9 Å². The molecule has 2 bridgehead atoms. The van der Waals surface area contributed by atoms with E-state index in [1.165, 1.54) is 40.6 Å². The molecule has 3 N–H and O–H groups in total. The lowest BCUT2D eigenvalue weighted by Gasteiger charge is -2.23. The fraction of sp³-hybridized carbons (Fsp3) is 0.481. The maximum Gasteiger partial charge on any atom is 0.110 e. The molecule has 0 saturated carbocycles. The minimum absolute atomic E-state index is 0.00611. The Bertz CT molecular complexity index is 1110. The predicted octanol–water partition coefficient (Wildman–Crippen LogP) is 5.10. The number of aliphatic hydroxyl groups is 1. The summed E-state index contributed by atoms with van der Waals surface area (Å²) in [6.07, 6.45) is 11.3. The van der Waals surface area contributed by atoms with Crippen molar-refractivity contribution in [2.24, 2.45) is 9.98 Å². The first-order valence-corrected chi connectivity index (χ1v) is 12.1. The number of nitrogens with one attached hydrogen (secondary N) is 2. The maximum absolute atomic E-state index is 10.1. The number of aromatic nitrogens is 1. The molecule has 5 rings (SSSR count). The van der Waals surface area contributed by atoms with Gasteiger partial charge in [0.15, 0.2) is 0 Å². The zero-order chi connectivity index (χ0) is 22.1. The van der Waals surface area contributed by atoms with E-state index < -0.39 is 0 Å². The van der Waals surface area contributed by atoms with E-state index in [4.69, 9.17) is 0 Å². The normalized spacial score (nSPS) is 25.5. The molecule has 168 valence electrons. The highest BCUT2D eigenvalue weighted by Gasteiger charge is 2.23. The van der Waals surface area contributed by atoms with Gasteiger partial charge in [-0.15, -0.1) is 0 Å². The molecule has 0 amide bonds. The van der Waals surface area contributed by atoms with Crippen molar-refractivity contribution in [3.63, 3.8) is 0 Å². The Balaban J connectivity index is 1.61. The van der Waals surface area contributed by atoms with Gasteiger partial charge < -0.3 is 15.4 Å². The smallest absolute Gasteiger partial charge is 0.110 e. The van der Waals surface area contributed by atoms with Crippen LogP contribution in [-0.4, -0.2) is 47.9 Å². The first kappa shape index (κ1) is 21.4. The minimum atomic E-state index is -0.00611. The molecule has 3 heterocycles. The van der Waals surface area contributed by atoms with E-state index in [0.717, 1.165) is 49.2 Å². The first-order valence-electron chi connectivity index (χ1n) is 12.1. The summed E-state index contributed by atoms with van der Waals surface area (Å²) in [4.78, 5) is 12.8. The molecule has 3 aliphatic rings. The van der Waals surface area contributed by atoms with Crippen LogP contribution in [0.3, 0.4) is 0 Å². The molecule has 2 aliphatic heterocycles. The molecular weight excluding hydrogens is 396 g/mol. The summed E-state index contributed by atoms with van der Waals surface area (Å²) in [6, 6.07) is 7.26. The van der Waals surface area contributed by atoms with Crippen molar-refractivity contribution in [2.75, 3.05) is 19.7 Å². The number of nitrogens with zero attached hydrogens (tertiary/aromatic N) is 2. The summed E-state index contributed by atoms with van der Waals surface area (Å²) in [5.41, 5.74) is 8.24. The van der Waals surface area contributed by atoms with Crippen molar-refractivity contribution in [3.8, 4) is 0 Å². The second-order valence-electron chi connectivity index (χ2n) is 9.66. The summed E-state index contributed by atoms with van der Waals surface area (Å²) >= 11 is 0. The molecule has 1 aromatic carbocycles. The fourth-order valence-electron chi connectivity index (χ4n) is 5.46. The van der Waals surface area contributed by atoms with Gasteiger partial charge in [-0.2, -0.15) is 0 Å². The number of H-pyrrole nitrogens is 1. The van der Waals surface area contributed by atoms with Gasteiger partial charge in [0.05, 0.1) is 12.6 Å². The van der Waals surface area contributed by atoms with Crippen LogP contribution in [0.5, 0.6) is 0 Å². The van der Waals surface area contributed by atoms with E-state index in [-0.39, 0.29) is 12.6 Å². The molecule has 2 aromatic rings. The number of aliphatic hydroxyl groups excluding tert-OH is 1. The van der Waals surface area contributed by atoms with Crippen molar-refractivity contribution in [1.82, 2.24) is 10.3 Å². The molecule has 5 heteroatoms. The van der Waals surface area contributed by atoms with E-state index in [2.05, 4.69) is 64.5 Å². The molecule has 32 heavy (non-hydrogen) atoms. The molecular formula is C27H34N4O. The number of benzene rings is 1. The van der Waals surface area contributed by atoms with Crippen LogP contribution >= 0.6 is 0 Å². The SMILES string of the molecule is CC(C)c1c(C2=C/CCC3CC(=NC=N3)/C(CO)=C\2)[nH]c2ccc(C3CCNCC3)cc12. The summed E-state index contributed by atoms with van der Waals surface area (Å²) in [6.45, 7) is 6.76. The number of rotatable bonds is 4. The Labute approximate surface area is 190 Å². The molecule has 0 radical (unpaired) electrons. The summed E-state index contributed by atoms with van der Waals surface area (Å²) in [5.74, 6) is 1.03. The Kier molecular flexibility index (Phi) is 6.11. The fourth-order valence-corrected chi connectivity index (χ4v) is 5.46. The van der Waals surface area contributed by atoms with Crippen molar-refractivity contribution >= 4 is 28.5 Å². The standard InChI is InChI=1S/C27H34N4O/c1-17(2)26-23-13-19(18-8-10-28-11-9-18)6-7-24(23)31-27(26)20-4-3-5-22-14-25(30-16-29-22)21(12-20)15-32/h4,6-7,12-13,16-18,22,28,31-32H,3,5,8-11,14-15H2,1-2H3/b20-4+,21-12-. The van der Waals surface area contributed by atoms with Gasteiger partial charge in [0.2, 0.25) is 0 Å². The van der Waals surface area contributed by atoms with Crippen LogP contribution in [0, 0.1) is 0 Å². The number of aliphatic imine (C=N–C) groups is 2. The maximum atomic E-state index is 10.1. The van der Waals surface area contributed by atoms with Crippen LogP contribution in [0.4, 0.5) is 0 Å². The second-order valence-corrected chi connectivity index (χ2v) is 9.66. The van der Waals surface area contributed by atoms with Gasteiger partial charge in [-0.05, 0) is 91.1 Å². The molecule has 1 aliphatic carbocycles. The topological polar surface area (TPSA) is 72.8 Å². The van der Waals surface area contributed by atoms with Crippen molar-refractivity contribution in [3.05, 3.63) is 52.7 Å². The summed E-state index contributed by atoms with van der Waals surface area (Å²) in [7, 11) is 0. The number of hydrogen-bond acceptors (Lipinski definition) is 4. The van der Waals surface area contributed by atoms with E-state index in [1.807, 2.05) is 0 Å². The molecule has 5 nitrogen and oxygen atoms in total. The van der Waals surface area contributed by atoms with Crippen molar-refractivity contribution in [2.45, 2.75) is 63.8 Å². The Morgan fingerprint density at radius 3 is 2.78 bits per heavy atom. The van der Waals surface area contributed by atoms with E-state index in [9.17, 15) is 5.11 Å². The molecule has 1 aromatic heterocycles. The zero-order valence-electron chi connectivity index (χ0n) is 19.2. The average Bonchev–Trinajstić information content (AvgIpc) is 3.22. The van der Waals surface area contributed by atoms with Crippen LogP contribution < -0.4 is 5.32 Å². The van der Waals surface area contributed by atoms with Gasteiger partial charge in [0.1, 0.15) is 6.34 Å². The van der Waals surface area contributed by atoms with Gasteiger partial charge in [-0.1, -0.05) is 26.0 Å². The highest BCUT2D eigenvalue weighted by atomic mass is 16.3. The third-order valence-electron chi connectivity index (χ3n) is 7.19. The Morgan fingerprint density at radius 1 is 1.16 bits per heavy atom. The molecule has 1 unspecified atom stereocenters. The highest BCUT2D eigenvalue weighted by molar-refractivity contribution is 6.07. The molecule has 1 fully saturated rings. The van der Waals surface area contributed by atoms with Gasteiger partial charge >= 0.3 is 0 Å². The predicted molar refractivity (Wildman–Crippen MR) is 134 cm³/mol. The van der Waals surface area contributed by atoms with Crippen LogP contribution in [0.1, 0.15) is 74.6 Å². The largest absolute Gasteiger partial charge is 0.392 e. The van der Waals surface area contributed by atoms with Gasteiger partial charge in [0.25, 0.3) is 0 Å².